The van der Waals surface area contributed by atoms with Gasteiger partial charge < -0.3 is 78.7 Å². The fourth-order valence-corrected chi connectivity index (χ4v) is 21.0. The fraction of sp³-hybridized carbons (Fsp3) is 0.961. The van der Waals surface area contributed by atoms with Gasteiger partial charge in [-0.05, 0) is 116 Å². The van der Waals surface area contributed by atoms with Crippen LogP contribution >= 0.6 is 0 Å². The van der Waals surface area contributed by atoms with Crippen LogP contribution in [-0.4, -0.2) is 269 Å². The largest absolute Gasteiger partial charge is 1.00 e. The van der Waals surface area contributed by atoms with E-state index in [4.69, 9.17) is 33.2 Å². The van der Waals surface area contributed by atoms with Crippen LogP contribution in [0.15, 0.2) is 6.20 Å². The molecule has 0 aromatic carbocycles. The van der Waals surface area contributed by atoms with Crippen molar-refractivity contribution in [3.63, 3.8) is 0 Å². The third-order valence-corrected chi connectivity index (χ3v) is 25.3. The number of aromatic nitrogens is 3. The van der Waals surface area contributed by atoms with Gasteiger partial charge in [-0.2, -0.15) is 0 Å². The predicted molar refractivity (Wildman–Crippen MR) is 337 cm³/mol. The van der Waals surface area contributed by atoms with Crippen molar-refractivity contribution in [2.45, 2.75) is 229 Å². The van der Waals surface area contributed by atoms with Gasteiger partial charge >= 0.3 is 296 Å². The van der Waals surface area contributed by atoms with E-state index in [9.17, 15) is 130 Å². The Morgan fingerprint density at radius 3 is 1.21 bits per heavy atom. The Hall–Kier alpha value is 7.56. The second-order valence-corrected chi connectivity index (χ2v) is 38.5. The van der Waals surface area contributed by atoms with Gasteiger partial charge in [0.1, 0.15) is 60.6 Å². The van der Waals surface area contributed by atoms with Crippen LogP contribution in [0.2, 0.25) is 0 Å². The van der Waals surface area contributed by atoms with E-state index >= 15 is 0 Å². The molecule has 8 rings (SSSR count). The quantitative estimate of drug-likeness (QED) is 0.0255. The van der Waals surface area contributed by atoms with Crippen LogP contribution < -0.4 is 296 Å². The first-order chi connectivity index (χ1) is 50.6. The van der Waals surface area contributed by atoms with E-state index in [1.165, 1.54) is 55.8 Å². The number of ether oxygens (including phenoxy) is 7. The van der Waals surface area contributed by atoms with Crippen LogP contribution in [0.3, 0.4) is 0 Å². The van der Waals surface area contributed by atoms with Gasteiger partial charge in [0.2, 0.25) is 104 Å². The molecule has 7 fully saturated rings. The molecule has 0 N–H and O–H groups in total. The molecule has 70 heteroatoms. The van der Waals surface area contributed by atoms with Crippen LogP contribution in [0.25, 0.3) is 0 Å². The summed E-state index contributed by atoms with van der Waals surface area (Å²) in [6.07, 6.45) is -38.8. The predicted octanol–water partition coefficient (Wildman–Crippen LogP) is -34.0. The van der Waals surface area contributed by atoms with E-state index < -0.39 is 223 Å². The van der Waals surface area contributed by atoms with Crippen molar-refractivity contribution in [2.75, 3.05) is 26.4 Å². The molecule has 1 aromatic heterocycles. The Kier molecular flexibility index (Phi) is 59.8. The molecule has 648 valence electrons. The van der Waals surface area contributed by atoms with E-state index in [-0.39, 0.29) is 327 Å². The fourth-order valence-electron chi connectivity index (χ4n) is 16.7. The molecule has 24 atom stereocenters. The summed E-state index contributed by atoms with van der Waals surface area (Å²) in [5, 5.41) is 8.18. The maximum absolute atomic E-state index is 12.8. The SMILES string of the molecule is CC(C)CCC[C@@H](C)[C@H]1CC[C@H]2[C@@H]3CC[C@H]4C[C@@H](OCc5cn(CCCO[C@H]6O[C@H](COS(=O)(=O)[O-])[C@@H](OS(=O)(=O)[O-])[C@H](O[C@H]7O[C@H](COS(=O)(=O)[O-])[C@@H](OS(=O)(=O)[O-])[C@H](O[C@H]8O[C@H](COS(=O)(=O)[O-])[C@@H](OS(=O)(=O)[O-])[C@H](OS(=O)(=O)[O-])[C@@H]8OS(=O)(=O)[O-])[C@@H]7OS(=O)(=O)[O-])[C@@H]6OS(=O)(=O)[O-])nn5)CC[C@]4(C)[C@H]3CC[C@]12C.[Na+].[Na+].[Na+].[Na+].[Na+].[Na+].[Na+].[Na+].[Na+].[Na+]. The van der Waals surface area contributed by atoms with E-state index in [0.717, 1.165) is 32.1 Å². The zero-order valence-electron chi connectivity index (χ0n) is 68.4. The monoisotopic (exact) mass is 2030 g/mol. The molecule has 4 aliphatic carbocycles. The van der Waals surface area contributed by atoms with Crippen LogP contribution in [0.4, 0.5) is 0 Å². The number of fused-ring (bicyclic) bond motifs is 5. The molecule has 0 unspecified atom stereocenters. The summed E-state index contributed by atoms with van der Waals surface area (Å²) >= 11 is 0. The Bertz CT molecular complexity index is 4610. The summed E-state index contributed by atoms with van der Waals surface area (Å²) in [5.74, 6) is 4.33. The molecule has 3 aliphatic heterocycles. The molecular formula is C51H77N3Na10O47S10. The standard InChI is InChI=1S/C51H87N3O47S10.10Na/c1-26(2)8-6-9-27(3)32-12-13-33-31-11-10-28-20-30(14-16-50(28,4)34(31)15-17-51(32,33)5)86-22-29-21-54(53-52-29)18-7-19-85-47-44(99-109(76,77)78)41(38(95-105(64,65)66)35(90-47)23-87-102(55,56)57)93-48-45(100-110(79,80)81)42(39(96-106(67,68)69)36(91-48)24-88-103(58,59)60)94-49-46(101-111(82,83)84)43(98-108(73,74)75)40(97-107(70,71)72)37(92-49)25-89-104(61,62)63;;;;;;;;;;/h21,26-28,30-49H,6-20,22-25H2,1-5H3,(H,55,56,57)(H,58,59,60)(H,61,62,63)(H,64,65,66)(H,67,68,69)(H,70,71,72)(H,73,74,75)(H,76,77,78)(H,79,80,81)(H,82,83,84);;;;;;;;;;/q;10*+1/p-10/t27-,28+,30+,31+,32-,33+,34+,35-,36-,37-,38-,39-,40-,41+,42+,43+,44+,45+,46+,47+,48-,49-,50+,51-;;;;;;;;;;/m1........../s1. The second-order valence-electron chi connectivity index (χ2n) is 28.3. The molecule has 4 saturated carbocycles. The van der Waals surface area contributed by atoms with Crippen LogP contribution in [0.5, 0.6) is 0 Å². The minimum Gasteiger partial charge on any atom is -0.726 e. The number of aryl methyl sites for hydroxylation is 1. The number of rotatable bonds is 40. The first-order valence-corrected chi connectivity index (χ1v) is 46.7. The van der Waals surface area contributed by atoms with E-state index in [1.807, 2.05) is 0 Å². The van der Waals surface area contributed by atoms with Crippen molar-refractivity contribution in [2.24, 2.45) is 52.3 Å². The molecule has 0 spiro atoms. The van der Waals surface area contributed by atoms with Crippen molar-refractivity contribution < 1.29 is 500 Å². The van der Waals surface area contributed by atoms with Gasteiger partial charge in [0.05, 0.1) is 45.3 Å². The summed E-state index contributed by atoms with van der Waals surface area (Å²) < 4.78 is 449. The average molecular weight is 2030 g/mol. The molecule has 3 saturated heterocycles. The molecule has 121 heavy (non-hydrogen) atoms. The molecular weight excluding hydrogens is 1960 g/mol. The Morgan fingerprint density at radius 2 is 0.793 bits per heavy atom. The van der Waals surface area contributed by atoms with E-state index in [2.05, 4.69) is 86.8 Å². The molecule has 0 amide bonds. The first-order valence-electron chi connectivity index (χ1n) is 33.3. The minimum absolute atomic E-state index is 0. The third kappa shape index (κ3) is 42.5. The molecule has 1 aromatic rings. The van der Waals surface area contributed by atoms with Crippen molar-refractivity contribution in [3.05, 3.63) is 11.9 Å². The Balaban J connectivity index is -0.0000139. The van der Waals surface area contributed by atoms with Crippen LogP contribution in [0, 0.1) is 52.3 Å². The van der Waals surface area contributed by atoms with Gasteiger partial charge in [-0.1, -0.05) is 59.1 Å². The summed E-state index contributed by atoms with van der Waals surface area (Å²) in [6, 6.07) is 0. The van der Waals surface area contributed by atoms with E-state index in [1.54, 1.807) is 0 Å². The van der Waals surface area contributed by atoms with Crippen molar-refractivity contribution in [1.29, 1.82) is 0 Å². The normalized spacial score (nSPS) is 32.5. The average Bonchev–Trinajstić information content (AvgIpc) is 1.66. The van der Waals surface area contributed by atoms with Gasteiger partial charge in [0.15, 0.2) is 37.2 Å². The van der Waals surface area contributed by atoms with Gasteiger partial charge in [-0.3, -0.25) is 46.5 Å². The summed E-state index contributed by atoms with van der Waals surface area (Å²) in [6.45, 7) is 4.12. The molecule has 0 radical (unpaired) electrons. The number of nitrogens with zero attached hydrogens (tertiary/aromatic N) is 3. The van der Waals surface area contributed by atoms with Crippen LogP contribution in [0.1, 0.15) is 124 Å². The van der Waals surface area contributed by atoms with Gasteiger partial charge in [-0.25, -0.2) is 84.2 Å². The van der Waals surface area contributed by atoms with E-state index in [0.29, 0.717) is 52.5 Å². The topological polar surface area (TPSA) is 760 Å². The molecule has 0 bridgehead atoms. The van der Waals surface area contributed by atoms with Gasteiger partial charge in [0.25, 0.3) is 0 Å². The zero-order chi connectivity index (χ0) is 83.0. The maximum atomic E-state index is 12.8. The smallest absolute Gasteiger partial charge is 0.726 e. The van der Waals surface area contributed by atoms with Crippen molar-refractivity contribution in [3.8, 4) is 0 Å². The van der Waals surface area contributed by atoms with Gasteiger partial charge in [0, 0.05) is 6.54 Å². The molecule has 7 aliphatic rings. The van der Waals surface area contributed by atoms with Crippen LogP contribution in [-0.2, 0) is 192 Å². The second kappa shape index (κ2) is 54.5. The Morgan fingerprint density at radius 1 is 0.421 bits per heavy atom. The molecule has 50 nitrogen and oxygen atoms in total. The minimum atomic E-state index is -6.93. The summed E-state index contributed by atoms with van der Waals surface area (Å²) in [7, 11) is -65.8. The third-order valence-electron chi connectivity index (χ3n) is 20.8. The summed E-state index contributed by atoms with van der Waals surface area (Å²) in [5.41, 5.74) is 0.732. The summed E-state index contributed by atoms with van der Waals surface area (Å²) in [4.78, 5) is 0. The first kappa shape index (κ1) is 133. The van der Waals surface area contributed by atoms with Gasteiger partial charge in [-0.15, -0.1) is 5.10 Å². The zero-order valence-corrected chi connectivity index (χ0v) is 96.6. The Labute approximate surface area is 924 Å². The van der Waals surface area contributed by atoms with Crippen molar-refractivity contribution >= 4 is 104 Å². The maximum Gasteiger partial charge on any atom is 1.00 e. The number of hydrogen-bond donors (Lipinski definition) is 0. The van der Waals surface area contributed by atoms with Crippen molar-refractivity contribution in [1.82, 2.24) is 15.0 Å². The molecule has 4 heterocycles. The number of hydrogen-bond acceptors (Lipinski definition) is 49.